The molecule has 0 bridgehead atoms. The number of hydrogen-bond acceptors (Lipinski definition) is 5. The molecule has 0 aliphatic rings. The molecule has 1 N–H and O–H groups in total. The van der Waals surface area contributed by atoms with Gasteiger partial charge in [0.05, 0.1) is 12.8 Å². The van der Waals surface area contributed by atoms with Crippen LogP contribution in [0.2, 0.25) is 10.0 Å². The highest BCUT2D eigenvalue weighted by molar-refractivity contribution is 6.35. The molecule has 0 atom stereocenters. The molecule has 1 aromatic heterocycles. The fraction of sp³-hybridized carbons (Fsp3) is 0.120. The number of halogens is 5. The van der Waals surface area contributed by atoms with Crippen molar-refractivity contribution in [3.63, 3.8) is 0 Å². The van der Waals surface area contributed by atoms with Gasteiger partial charge in [0.25, 0.3) is 0 Å². The van der Waals surface area contributed by atoms with Gasteiger partial charge in [0.2, 0.25) is 0 Å². The second kappa shape index (κ2) is 10.0. The predicted molar refractivity (Wildman–Crippen MR) is 127 cm³/mol. The Morgan fingerprint density at radius 2 is 1.71 bits per heavy atom. The van der Waals surface area contributed by atoms with Crippen LogP contribution < -0.4 is 9.47 Å². The van der Waals surface area contributed by atoms with Crippen LogP contribution in [0.15, 0.2) is 67.0 Å². The third kappa shape index (κ3) is 5.28. The third-order valence-electron chi connectivity index (χ3n) is 5.13. The molecule has 35 heavy (non-hydrogen) atoms. The van der Waals surface area contributed by atoms with Gasteiger partial charge in [-0.1, -0.05) is 47.5 Å². The highest BCUT2D eigenvalue weighted by Gasteiger charge is 2.38. The van der Waals surface area contributed by atoms with Crippen LogP contribution in [0.25, 0.3) is 22.4 Å². The van der Waals surface area contributed by atoms with Gasteiger partial charge in [-0.25, -0.2) is 9.97 Å². The van der Waals surface area contributed by atoms with Gasteiger partial charge in [-0.15, -0.1) is 0 Å². The van der Waals surface area contributed by atoms with E-state index in [-0.39, 0.29) is 46.2 Å². The first-order valence-corrected chi connectivity index (χ1v) is 10.9. The van der Waals surface area contributed by atoms with Gasteiger partial charge in [-0.05, 0) is 30.3 Å². The first kappa shape index (κ1) is 24.6. The zero-order valence-electron chi connectivity index (χ0n) is 18.1. The molecular formula is C25H17Cl2F3N2O3. The summed E-state index contributed by atoms with van der Waals surface area (Å²) in [6, 6.07) is 15.4. The zero-order chi connectivity index (χ0) is 25.2. The van der Waals surface area contributed by atoms with Crippen molar-refractivity contribution in [3.8, 4) is 39.6 Å². The van der Waals surface area contributed by atoms with Crippen LogP contribution in [0, 0.1) is 0 Å². The molecule has 0 aliphatic heterocycles. The van der Waals surface area contributed by atoms with E-state index < -0.39 is 11.9 Å². The molecule has 5 nitrogen and oxygen atoms in total. The van der Waals surface area contributed by atoms with Gasteiger partial charge in [0.1, 0.15) is 30.2 Å². The van der Waals surface area contributed by atoms with Crippen molar-refractivity contribution in [1.29, 1.82) is 0 Å². The van der Waals surface area contributed by atoms with E-state index in [1.807, 2.05) is 0 Å². The van der Waals surface area contributed by atoms with Crippen LogP contribution in [0.1, 0.15) is 11.3 Å². The van der Waals surface area contributed by atoms with Crippen LogP contribution >= 0.6 is 23.2 Å². The number of alkyl halides is 3. The van der Waals surface area contributed by atoms with Gasteiger partial charge in [-0.2, -0.15) is 13.2 Å². The van der Waals surface area contributed by atoms with Gasteiger partial charge >= 0.3 is 6.18 Å². The molecule has 0 unspecified atom stereocenters. The lowest BCUT2D eigenvalue weighted by Gasteiger charge is -2.18. The third-order valence-corrected chi connectivity index (χ3v) is 5.71. The normalized spacial score (nSPS) is 11.4. The second-order valence-electron chi connectivity index (χ2n) is 7.35. The summed E-state index contributed by atoms with van der Waals surface area (Å²) in [5.41, 5.74) is -0.700. The van der Waals surface area contributed by atoms with Crippen molar-refractivity contribution in [1.82, 2.24) is 9.97 Å². The van der Waals surface area contributed by atoms with Crippen LogP contribution in [-0.2, 0) is 12.8 Å². The maximum atomic E-state index is 13.9. The number of benzene rings is 3. The fourth-order valence-corrected chi connectivity index (χ4v) is 3.98. The summed E-state index contributed by atoms with van der Waals surface area (Å²) in [4.78, 5) is 7.57. The quantitative estimate of drug-likeness (QED) is 0.286. The van der Waals surface area contributed by atoms with Gasteiger partial charge < -0.3 is 14.6 Å². The second-order valence-corrected chi connectivity index (χ2v) is 8.19. The van der Waals surface area contributed by atoms with Crippen LogP contribution in [-0.4, -0.2) is 22.2 Å². The lowest BCUT2D eigenvalue weighted by atomic mass is 9.96. The highest BCUT2D eigenvalue weighted by Crippen LogP contribution is 2.45. The maximum absolute atomic E-state index is 13.9. The van der Waals surface area contributed by atoms with E-state index in [2.05, 4.69) is 9.97 Å². The van der Waals surface area contributed by atoms with Crippen molar-refractivity contribution >= 4 is 23.2 Å². The Bertz CT molecular complexity index is 1380. The Hall–Kier alpha value is -3.49. The van der Waals surface area contributed by atoms with Crippen LogP contribution in [0.5, 0.6) is 17.2 Å². The molecule has 180 valence electrons. The summed E-state index contributed by atoms with van der Waals surface area (Å²) < 4.78 is 52.7. The number of phenols is 1. The molecule has 4 aromatic rings. The minimum absolute atomic E-state index is 0.0654. The number of hydrogen-bond donors (Lipinski definition) is 1. The molecule has 0 amide bonds. The number of nitrogens with zero attached hydrogens (tertiary/aromatic N) is 2. The summed E-state index contributed by atoms with van der Waals surface area (Å²) in [6.07, 6.45) is -3.96. The molecule has 3 aromatic carbocycles. The number of aromatic hydroxyl groups is 1. The lowest BCUT2D eigenvalue weighted by molar-refractivity contribution is -0.140. The van der Waals surface area contributed by atoms with E-state index in [0.717, 1.165) is 6.33 Å². The minimum Gasteiger partial charge on any atom is -0.507 e. The van der Waals surface area contributed by atoms with Crippen molar-refractivity contribution in [2.45, 2.75) is 12.8 Å². The van der Waals surface area contributed by atoms with Crippen molar-refractivity contribution in [2.75, 3.05) is 7.11 Å². The van der Waals surface area contributed by atoms with Crippen molar-refractivity contribution in [3.05, 3.63) is 88.3 Å². The highest BCUT2D eigenvalue weighted by atomic mass is 35.5. The average Bonchev–Trinajstić information content (AvgIpc) is 2.82. The molecule has 0 fully saturated rings. The standard InChI is InChI=1S/C25H17Cl2F3N2O3/c1-34-21-5-3-2-4-18(21)22-23(31-13-32-24(22)25(28,29)30)17-9-8-16(11-20(17)33)35-12-14-6-7-15(26)10-19(14)27/h2-11,13,33H,12H2,1H3. The topological polar surface area (TPSA) is 64.5 Å². The van der Waals surface area contributed by atoms with Crippen molar-refractivity contribution in [2.24, 2.45) is 0 Å². The predicted octanol–water partition coefficient (Wildman–Crippen LogP) is 7.43. The maximum Gasteiger partial charge on any atom is 0.434 e. The number of ether oxygens (including phenoxy) is 2. The molecule has 0 aliphatic carbocycles. The van der Waals surface area contributed by atoms with Crippen LogP contribution in [0.3, 0.4) is 0 Å². The Morgan fingerprint density at radius 3 is 2.40 bits per heavy atom. The molecular weight excluding hydrogens is 504 g/mol. The first-order chi connectivity index (χ1) is 16.7. The van der Waals surface area contributed by atoms with E-state index in [0.29, 0.717) is 15.6 Å². The number of para-hydroxylation sites is 1. The number of phenolic OH excluding ortho intramolecular Hbond substituents is 1. The van der Waals surface area contributed by atoms with Gasteiger partial charge in [0.15, 0.2) is 5.69 Å². The molecule has 0 spiro atoms. The lowest BCUT2D eigenvalue weighted by Crippen LogP contribution is -2.12. The summed E-state index contributed by atoms with van der Waals surface area (Å²) in [7, 11) is 1.35. The number of methoxy groups -OCH3 is 1. The first-order valence-electron chi connectivity index (χ1n) is 10.1. The molecule has 1 heterocycles. The number of rotatable bonds is 6. The smallest absolute Gasteiger partial charge is 0.434 e. The molecule has 4 rings (SSSR count). The SMILES string of the molecule is COc1ccccc1-c1c(-c2ccc(OCc3ccc(Cl)cc3Cl)cc2O)ncnc1C(F)(F)F. The fourth-order valence-electron chi connectivity index (χ4n) is 3.51. The molecule has 0 radical (unpaired) electrons. The minimum atomic E-state index is -4.77. The summed E-state index contributed by atoms with van der Waals surface area (Å²) in [5.74, 6) is 0.155. The Balaban J connectivity index is 1.76. The monoisotopic (exact) mass is 520 g/mol. The van der Waals surface area contributed by atoms with E-state index in [9.17, 15) is 18.3 Å². The van der Waals surface area contributed by atoms with Gasteiger partial charge in [0, 0.05) is 38.4 Å². The van der Waals surface area contributed by atoms with E-state index in [1.54, 1.807) is 30.3 Å². The molecule has 0 saturated carbocycles. The largest absolute Gasteiger partial charge is 0.507 e. The average molecular weight is 521 g/mol. The summed E-state index contributed by atoms with van der Waals surface area (Å²) in [5, 5.41) is 11.6. The van der Waals surface area contributed by atoms with E-state index in [4.69, 9.17) is 32.7 Å². The zero-order valence-corrected chi connectivity index (χ0v) is 19.6. The number of aromatic nitrogens is 2. The Kier molecular flexibility index (Phi) is 7.05. The van der Waals surface area contributed by atoms with Crippen LogP contribution in [0.4, 0.5) is 13.2 Å². The van der Waals surface area contributed by atoms with Gasteiger partial charge in [-0.3, -0.25) is 0 Å². The Labute approximate surface area is 208 Å². The van der Waals surface area contributed by atoms with E-state index >= 15 is 0 Å². The molecule has 0 saturated heterocycles. The Morgan fingerprint density at radius 1 is 0.943 bits per heavy atom. The summed E-state index contributed by atoms with van der Waals surface area (Å²) in [6.45, 7) is 0.0903. The van der Waals surface area contributed by atoms with Crippen molar-refractivity contribution < 1.29 is 27.8 Å². The summed E-state index contributed by atoms with van der Waals surface area (Å²) >= 11 is 12.1. The molecule has 10 heteroatoms. The van der Waals surface area contributed by atoms with E-state index in [1.165, 1.54) is 37.4 Å².